The maximum Gasteiger partial charge on any atom is 0.415 e. The highest BCUT2D eigenvalue weighted by atomic mass is 32.1. The predicted molar refractivity (Wildman–Crippen MR) is 128 cm³/mol. The maximum atomic E-state index is 13.4. The highest BCUT2D eigenvalue weighted by Crippen LogP contribution is 2.39. The Balaban J connectivity index is 1.27. The van der Waals surface area contributed by atoms with E-state index in [0.29, 0.717) is 12.1 Å². The minimum atomic E-state index is -0.224. The molecule has 4 atom stereocenters. The molecule has 2 aliphatic heterocycles. The average Bonchev–Trinajstić information content (AvgIpc) is 3.52. The van der Waals surface area contributed by atoms with Crippen LogP contribution in [-0.2, 0) is 11.3 Å². The molecule has 2 aliphatic rings. The molecule has 0 saturated carbocycles. The Kier molecular flexibility index (Phi) is 6.12. The molecule has 31 heavy (non-hydrogen) atoms. The van der Waals surface area contributed by atoms with Crippen molar-refractivity contribution in [2.75, 3.05) is 4.90 Å². The molecule has 0 aliphatic carbocycles. The number of benzene rings is 1. The molecule has 2 unspecified atom stereocenters. The summed E-state index contributed by atoms with van der Waals surface area (Å²) in [5.74, 6) is 0. The van der Waals surface area contributed by atoms with Gasteiger partial charge in [0.05, 0.1) is 11.7 Å². The van der Waals surface area contributed by atoms with Crippen molar-refractivity contribution in [1.29, 1.82) is 0 Å². The summed E-state index contributed by atoms with van der Waals surface area (Å²) < 4.78 is 6.14. The van der Waals surface area contributed by atoms with Gasteiger partial charge in [0.25, 0.3) is 0 Å². The first kappa shape index (κ1) is 20.7. The predicted octanol–water partition coefficient (Wildman–Crippen LogP) is 6.71. The maximum absolute atomic E-state index is 13.4. The van der Waals surface area contributed by atoms with Gasteiger partial charge in [-0.3, -0.25) is 9.80 Å². The normalized spacial score (nSPS) is 24.1. The molecule has 0 N–H and O–H groups in total. The van der Waals surface area contributed by atoms with Gasteiger partial charge in [0.2, 0.25) is 0 Å². The summed E-state index contributed by atoms with van der Waals surface area (Å²) in [5, 5.41) is 8.21. The summed E-state index contributed by atoms with van der Waals surface area (Å²) >= 11 is 3.26. The van der Waals surface area contributed by atoms with Crippen LogP contribution in [0.2, 0.25) is 0 Å². The fraction of sp³-hybridized carbons (Fsp3) is 0.400. The van der Waals surface area contributed by atoms with Crippen molar-refractivity contribution in [3.05, 3.63) is 75.1 Å². The lowest BCUT2D eigenvalue weighted by atomic mass is 9.99. The molecule has 2 bridgehead atoms. The number of ether oxygens (including phenoxy) is 1. The van der Waals surface area contributed by atoms with Gasteiger partial charge in [-0.1, -0.05) is 30.3 Å². The lowest BCUT2D eigenvalue weighted by Crippen LogP contribution is -2.46. The quantitative estimate of drug-likeness (QED) is 0.417. The van der Waals surface area contributed by atoms with Crippen LogP contribution in [-0.4, -0.2) is 29.2 Å². The monoisotopic (exact) mass is 452 g/mol. The number of amides is 1. The number of thiophene rings is 2. The molecule has 2 saturated heterocycles. The van der Waals surface area contributed by atoms with Gasteiger partial charge in [-0.2, -0.15) is 22.7 Å². The number of anilines is 1. The Morgan fingerprint density at radius 1 is 1.06 bits per heavy atom. The van der Waals surface area contributed by atoms with Crippen LogP contribution in [0.25, 0.3) is 0 Å². The second kappa shape index (κ2) is 9.15. The lowest BCUT2D eigenvalue weighted by molar-refractivity contribution is 0.0167. The molecule has 6 heteroatoms. The highest BCUT2D eigenvalue weighted by Gasteiger charge is 2.42. The first-order valence-corrected chi connectivity index (χ1v) is 12.9. The molecular weight excluding hydrogens is 424 g/mol. The molecule has 162 valence electrons. The van der Waals surface area contributed by atoms with Crippen LogP contribution >= 0.6 is 22.7 Å². The third kappa shape index (κ3) is 4.43. The van der Waals surface area contributed by atoms with Crippen molar-refractivity contribution >= 4 is 34.5 Å². The molecule has 3 aromatic rings. The van der Waals surface area contributed by atoms with Crippen molar-refractivity contribution in [2.24, 2.45) is 0 Å². The first-order valence-electron chi connectivity index (χ1n) is 11.0. The third-order valence-corrected chi connectivity index (χ3v) is 8.08. The van der Waals surface area contributed by atoms with Crippen LogP contribution in [0.3, 0.4) is 0 Å². The zero-order valence-electron chi connectivity index (χ0n) is 17.7. The van der Waals surface area contributed by atoms with Gasteiger partial charge >= 0.3 is 6.09 Å². The number of rotatable bonds is 6. The molecule has 2 fully saturated rings. The van der Waals surface area contributed by atoms with E-state index < -0.39 is 0 Å². The van der Waals surface area contributed by atoms with Crippen LogP contribution in [0.15, 0.2) is 64.0 Å². The van der Waals surface area contributed by atoms with E-state index in [9.17, 15) is 4.79 Å². The molecule has 2 aromatic heterocycles. The summed E-state index contributed by atoms with van der Waals surface area (Å²) in [6, 6.07) is 15.7. The minimum Gasteiger partial charge on any atom is -0.446 e. The average molecular weight is 453 g/mol. The van der Waals surface area contributed by atoms with Crippen molar-refractivity contribution in [1.82, 2.24) is 4.90 Å². The molecule has 1 amide bonds. The van der Waals surface area contributed by atoms with Crippen LogP contribution in [0.5, 0.6) is 0 Å². The van der Waals surface area contributed by atoms with Crippen molar-refractivity contribution in [3.63, 3.8) is 0 Å². The Labute approximate surface area is 192 Å². The molecule has 1 aromatic carbocycles. The van der Waals surface area contributed by atoms with Crippen LogP contribution in [0.4, 0.5) is 10.5 Å². The smallest absolute Gasteiger partial charge is 0.415 e. The number of carbonyl (C=O) groups excluding carboxylic acids is 1. The van der Waals surface area contributed by atoms with Crippen LogP contribution in [0.1, 0.15) is 49.8 Å². The molecule has 0 radical (unpaired) electrons. The van der Waals surface area contributed by atoms with E-state index in [-0.39, 0.29) is 18.2 Å². The summed E-state index contributed by atoms with van der Waals surface area (Å²) in [5.41, 5.74) is 3.42. The molecule has 0 spiro atoms. The number of nitrogens with zero attached hydrogens (tertiary/aromatic N) is 2. The van der Waals surface area contributed by atoms with Crippen molar-refractivity contribution < 1.29 is 9.53 Å². The van der Waals surface area contributed by atoms with E-state index in [1.54, 1.807) is 22.7 Å². The summed E-state index contributed by atoms with van der Waals surface area (Å²) in [7, 11) is 0. The van der Waals surface area contributed by atoms with Gasteiger partial charge in [-0.25, -0.2) is 4.79 Å². The van der Waals surface area contributed by atoms with Crippen molar-refractivity contribution in [3.8, 4) is 0 Å². The Hall–Kier alpha value is -2.15. The number of fused-ring (bicyclic) bond motifs is 2. The third-order valence-electron chi connectivity index (χ3n) is 6.71. The summed E-state index contributed by atoms with van der Waals surface area (Å²) in [6.07, 6.45) is 4.03. The van der Waals surface area contributed by atoms with E-state index >= 15 is 0 Å². The van der Waals surface area contributed by atoms with Gasteiger partial charge < -0.3 is 4.74 Å². The Morgan fingerprint density at radius 3 is 2.42 bits per heavy atom. The van der Waals surface area contributed by atoms with Gasteiger partial charge in [0.15, 0.2) is 0 Å². The second-order valence-electron chi connectivity index (χ2n) is 8.60. The Morgan fingerprint density at radius 2 is 1.77 bits per heavy atom. The number of carbonyl (C=O) groups is 1. The SMILES string of the molecule is CC(c1ccsc1)N(C(=O)OC1C[C@H]2CC[C@@H](C1)N2Cc1ccccc1)c1ccsc1. The largest absolute Gasteiger partial charge is 0.446 e. The lowest BCUT2D eigenvalue weighted by Gasteiger charge is -2.39. The number of piperidine rings is 1. The first-order chi connectivity index (χ1) is 15.2. The molecular formula is C25H28N2O2S2. The second-order valence-corrected chi connectivity index (χ2v) is 10.2. The van der Waals surface area contributed by atoms with Gasteiger partial charge in [0, 0.05) is 36.9 Å². The Bertz CT molecular complexity index is 960. The van der Waals surface area contributed by atoms with Gasteiger partial charge in [-0.05, 0) is 59.2 Å². The highest BCUT2D eigenvalue weighted by molar-refractivity contribution is 7.08. The summed E-state index contributed by atoms with van der Waals surface area (Å²) in [4.78, 5) is 17.8. The number of hydrogen-bond acceptors (Lipinski definition) is 5. The van der Waals surface area contributed by atoms with Crippen LogP contribution < -0.4 is 4.90 Å². The van der Waals surface area contributed by atoms with E-state index in [1.165, 1.54) is 18.4 Å². The summed E-state index contributed by atoms with van der Waals surface area (Å²) in [6.45, 7) is 3.07. The van der Waals surface area contributed by atoms with Crippen LogP contribution in [0, 0.1) is 0 Å². The fourth-order valence-corrected chi connectivity index (χ4v) is 6.49. The molecule has 4 nitrogen and oxygen atoms in total. The number of hydrogen-bond donors (Lipinski definition) is 0. The van der Waals surface area contributed by atoms with E-state index in [1.807, 2.05) is 21.7 Å². The van der Waals surface area contributed by atoms with E-state index in [2.05, 4.69) is 59.0 Å². The van der Waals surface area contributed by atoms with E-state index in [0.717, 1.165) is 30.6 Å². The van der Waals surface area contributed by atoms with Crippen molar-refractivity contribution in [2.45, 2.75) is 63.4 Å². The fourth-order valence-electron chi connectivity index (χ4n) is 5.12. The standard InChI is InChI=1S/C25H28N2O2S2/c1-18(20-9-11-30-16-20)27(23-10-12-31-17-23)25(28)29-24-13-21-7-8-22(14-24)26(21)15-19-5-3-2-4-6-19/h2-6,9-12,16-18,21-22,24H,7-8,13-15H2,1H3/t18?,21-,22+,24?. The zero-order valence-corrected chi connectivity index (χ0v) is 19.4. The minimum absolute atomic E-state index is 0.00664. The molecule has 4 heterocycles. The molecule has 5 rings (SSSR count). The topological polar surface area (TPSA) is 32.8 Å². The van der Waals surface area contributed by atoms with Gasteiger partial charge in [0.1, 0.15) is 6.10 Å². The van der Waals surface area contributed by atoms with Gasteiger partial charge in [-0.15, -0.1) is 0 Å². The van der Waals surface area contributed by atoms with E-state index in [4.69, 9.17) is 4.74 Å². The zero-order chi connectivity index (χ0) is 21.2.